The predicted molar refractivity (Wildman–Crippen MR) is 87.1 cm³/mol. The lowest BCUT2D eigenvalue weighted by Gasteiger charge is -2.14. The Labute approximate surface area is 137 Å². The summed E-state index contributed by atoms with van der Waals surface area (Å²) >= 11 is 6.39. The van der Waals surface area contributed by atoms with Crippen molar-refractivity contribution < 1.29 is 19.4 Å². The molecule has 0 saturated carbocycles. The minimum atomic E-state index is -1.13. The Morgan fingerprint density at radius 2 is 2.18 bits per heavy atom. The molecule has 0 spiro atoms. The quantitative estimate of drug-likeness (QED) is 0.578. The summed E-state index contributed by atoms with van der Waals surface area (Å²) in [5, 5.41) is 10.4. The molecular weight excluding hydrogens is 322 g/mol. The highest BCUT2D eigenvalue weighted by Crippen LogP contribution is 2.34. The number of thiocarbonyl (C=S) groups is 1. The predicted octanol–water partition coefficient (Wildman–Crippen LogP) is 1.43. The molecule has 1 heterocycles. The number of methoxy groups -OCH3 is 1. The van der Waals surface area contributed by atoms with Crippen molar-refractivity contribution in [2.24, 2.45) is 0 Å². The smallest absolute Gasteiger partial charge is 0.266 e. The van der Waals surface area contributed by atoms with Gasteiger partial charge >= 0.3 is 0 Å². The number of hydrogen-bond acceptors (Lipinski definition) is 6. The van der Waals surface area contributed by atoms with Gasteiger partial charge in [0, 0.05) is 18.1 Å². The molecule has 0 atom stereocenters. The molecule has 1 aliphatic heterocycles. The van der Waals surface area contributed by atoms with Gasteiger partial charge in [0.15, 0.2) is 0 Å². The number of benzene rings is 1. The van der Waals surface area contributed by atoms with Gasteiger partial charge in [0.1, 0.15) is 10.1 Å². The highest BCUT2D eigenvalue weighted by molar-refractivity contribution is 8.26. The zero-order chi connectivity index (χ0) is 16.1. The van der Waals surface area contributed by atoms with Crippen molar-refractivity contribution in [1.82, 2.24) is 4.90 Å². The topological polar surface area (TPSA) is 69.7 Å². The van der Waals surface area contributed by atoms with Crippen LogP contribution in [-0.4, -0.2) is 34.8 Å². The number of para-hydroxylation sites is 1. The number of carbonyl (C=O) groups is 2. The van der Waals surface area contributed by atoms with Crippen LogP contribution in [0.15, 0.2) is 29.2 Å². The van der Waals surface area contributed by atoms with E-state index in [1.54, 1.807) is 13.2 Å². The first-order valence-corrected chi connectivity index (χ1v) is 7.83. The van der Waals surface area contributed by atoms with Crippen molar-refractivity contribution in [3.05, 3.63) is 34.7 Å². The molecule has 22 heavy (non-hydrogen) atoms. The Hall–Kier alpha value is -1.86. The van der Waals surface area contributed by atoms with Gasteiger partial charge in [0.25, 0.3) is 5.91 Å². The number of carboxylic acid groups (broad SMARTS) is 1. The number of carbonyl (C=O) groups excluding carboxylic acids is 2. The second-order valence-electron chi connectivity index (χ2n) is 4.55. The van der Waals surface area contributed by atoms with E-state index in [4.69, 9.17) is 17.0 Å². The average Bonchev–Trinajstić information content (AvgIpc) is 2.75. The van der Waals surface area contributed by atoms with E-state index in [2.05, 4.69) is 0 Å². The second-order valence-corrected chi connectivity index (χ2v) is 6.23. The minimum Gasteiger partial charge on any atom is -0.550 e. The number of ether oxygens (including phenoxy) is 1. The number of rotatable bonds is 6. The Kier molecular flexibility index (Phi) is 5.57. The van der Waals surface area contributed by atoms with Gasteiger partial charge in [-0.25, -0.2) is 0 Å². The van der Waals surface area contributed by atoms with E-state index >= 15 is 0 Å². The third-order valence-electron chi connectivity index (χ3n) is 3.06. The highest BCUT2D eigenvalue weighted by Gasteiger charge is 2.31. The molecular formula is C15H14NO4S2-. The molecule has 0 N–H and O–H groups in total. The summed E-state index contributed by atoms with van der Waals surface area (Å²) in [6, 6.07) is 7.37. The molecule has 1 aromatic carbocycles. The lowest BCUT2D eigenvalue weighted by atomic mass is 10.2. The van der Waals surface area contributed by atoms with E-state index in [1.165, 1.54) is 16.7 Å². The summed E-state index contributed by atoms with van der Waals surface area (Å²) in [6.45, 7) is 0.280. The molecule has 116 valence electrons. The maximum Gasteiger partial charge on any atom is 0.266 e. The minimum absolute atomic E-state index is 0.0946. The summed E-state index contributed by atoms with van der Waals surface area (Å²) in [5.41, 5.74) is 0.792. The maximum atomic E-state index is 12.3. The van der Waals surface area contributed by atoms with Crippen molar-refractivity contribution in [3.8, 4) is 5.75 Å². The van der Waals surface area contributed by atoms with E-state index in [-0.39, 0.29) is 18.9 Å². The molecule has 1 aromatic rings. The van der Waals surface area contributed by atoms with E-state index in [0.717, 1.165) is 5.56 Å². The van der Waals surface area contributed by atoms with Crippen LogP contribution in [0.1, 0.15) is 18.4 Å². The zero-order valence-electron chi connectivity index (χ0n) is 11.9. The number of carboxylic acids is 1. The van der Waals surface area contributed by atoms with Crippen molar-refractivity contribution in [2.45, 2.75) is 12.8 Å². The Morgan fingerprint density at radius 3 is 2.86 bits per heavy atom. The molecule has 5 nitrogen and oxygen atoms in total. The van der Waals surface area contributed by atoms with Gasteiger partial charge in [-0.15, -0.1) is 0 Å². The number of hydrogen-bond donors (Lipinski definition) is 0. The summed E-state index contributed by atoms with van der Waals surface area (Å²) < 4.78 is 5.69. The third-order valence-corrected chi connectivity index (χ3v) is 4.44. The first kappa shape index (κ1) is 16.5. The van der Waals surface area contributed by atoms with Crippen LogP contribution in [0, 0.1) is 0 Å². The van der Waals surface area contributed by atoms with Crippen LogP contribution in [0.2, 0.25) is 0 Å². The van der Waals surface area contributed by atoms with Gasteiger partial charge in [0.05, 0.1) is 12.0 Å². The van der Waals surface area contributed by atoms with Crippen molar-refractivity contribution in [2.75, 3.05) is 13.7 Å². The molecule has 0 unspecified atom stereocenters. The van der Waals surface area contributed by atoms with E-state index in [1.807, 2.05) is 24.3 Å². The number of amides is 1. The Morgan fingerprint density at radius 1 is 1.45 bits per heavy atom. The molecule has 1 aliphatic rings. The van der Waals surface area contributed by atoms with Crippen LogP contribution >= 0.6 is 24.0 Å². The zero-order valence-corrected chi connectivity index (χ0v) is 13.5. The largest absolute Gasteiger partial charge is 0.550 e. The lowest BCUT2D eigenvalue weighted by molar-refractivity contribution is -0.305. The average molecular weight is 336 g/mol. The second kappa shape index (κ2) is 7.42. The van der Waals surface area contributed by atoms with Gasteiger partial charge in [-0.2, -0.15) is 0 Å². The molecule has 1 saturated heterocycles. The number of thioether (sulfide) groups is 1. The molecule has 0 bridgehead atoms. The van der Waals surface area contributed by atoms with Gasteiger partial charge in [-0.1, -0.05) is 42.2 Å². The van der Waals surface area contributed by atoms with E-state index in [9.17, 15) is 14.7 Å². The van der Waals surface area contributed by atoms with Crippen LogP contribution in [-0.2, 0) is 9.59 Å². The fourth-order valence-electron chi connectivity index (χ4n) is 2.00. The fraction of sp³-hybridized carbons (Fsp3) is 0.267. The molecule has 0 aromatic heterocycles. The normalized spacial score (nSPS) is 16.4. The number of aliphatic carboxylic acids is 1. The van der Waals surface area contributed by atoms with Crippen molar-refractivity contribution in [1.29, 1.82) is 0 Å². The molecule has 1 amide bonds. The molecule has 0 radical (unpaired) electrons. The van der Waals surface area contributed by atoms with Crippen molar-refractivity contribution in [3.63, 3.8) is 0 Å². The fourth-order valence-corrected chi connectivity index (χ4v) is 3.30. The van der Waals surface area contributed by atoms with Crippen LogP contribution < -0.4 is 9.84 Å². The van der Waals surface area contributed by atoms with Crippen LogP contribution in [0.25, 0.3) is 6.08 Å². The van der Waals surface area contributed by atoms with Crippen LogP contribution in [0.3, 0.4) is 0 Å². The lowest BCUT2D eigenvalue weighted by Crippen LogP contribution is -2.30. The van der Waals surface area contributed by atoms with Gasteiger partial charge in [0.2, 0.25) is 0 Å². The van der Waals surface area contributed by atoms with Crippen LogP contribution in [0.5, 0.6) is 5.75 Å². The molecule has 2 rings (SSSR count). The summed E-state index contributed by atoms with van der Waals surface area (Å²) in [7, 11) is 1.57. The first-order chi connectivity index (χ1) is 10.5. The van der Waals surface area contributed by atoms with E-state index < -0.39 is 5.97 Å². The van der Waals surface area contributed by atoms with Gasteiger partial charge < -0.3 is 14.6 Å². The SMILES string of the molecule is COc1ccccc1/C=C1/SC(=S)N(CCCC(=O)[O-])C1=O. The summed E-state index contributed by atoms with van der Waals surface area (Å²) in [4.78, 5) is 24.7. The third kappa shape index (κ3) is 3.86. The Bertz CT molecular complexity index is 642. The van der Waals surface area contributed by atoms with Gasteiger partial charge in [-0.3, -0.25) is 9.69 Å². The maximum absolute atomic E-state index is 12.3. The molecule has 7 heteroatoms. The standard InChI is InChI=1S/C15H15NO4S2/c1-20-11-6-3-2-5-10(11)9-12-14(19)16(15(21)22-12)8-4-7-13(17)18/h2-3,5-6,9H,4,7-8H2,1H3,(H,17,18)/p-1/b12-9+. The van der Waals surface area contributed by atoms with Gasteiger partial charge in [-0.05, 0) is 25.0 Å². The first-order valence-electron chi connectivity index (χ1n) is 6.61. The summed E-state index contributed by atoms with van der Waals surface area (Å²) in [5.74, 6) is -0.668. The van der Waals surface area contributed by atoms with Crippen LogP contribution in [0.4, 0.5) is 0 Å². The monoisotopic (exact) mass is 336 g/mol. The number of nitrogens with zero attached hydrogens (tertiary/aromatic N) is 1. The highest BCUT2D eigenvalue weighted by atomic mass is 32.2. The molecule has 1 fully saturated rings. The summed E-state index contributed by atoms with van der Waals surface area (Å²) in [6.07, 6.45) is 1.95. The molecule has 0 aliphatic carbocycles. The van der Waals surface area contributed by atoms with E-state index in [0.29, 0.717) is 21.4 Å². The van der Waals surface area contributed by atoms with Crippen molar-refractivity contribution >= 4 is 46.3 Å². The Balaban J connectivity index is 2.13.